The van der Waals surface area contributed by atoms with Gasteiger partial charge < -0.3 is 15.2 Å². The number of benzene rings is 3. The number of para-hydroxylation sites is 2. The minimum Gasteiger partial charge on any atom is -0.348 e. The zero-order valence-corrected chi connectivity index (χ0v) is 19.7. The molecule has 0 saturated heterocycles. The Morgan fingerprint density at radius 1 is 1.03 bits per heavy atom. The Labute approximate surface area is 201 Å². The molecule has 1 atom stereocenters. The molecule has 1 unspecified atom stereocenters. The van der Waals surface area contributed by atoms with Crippen molar-refractivity contribution < 1.29 is 14.0 Å². The van der Waals surface area contributed by atoms with E-state index in [9.17, 15) is 14.0 Å². The first-order valence-corrected chi connectivity index (χ1v) is 12.2. The summed E-state index contributed by atoms with van der Waals surface area (Å²) in [6.07, 6.45) is 2.01. The lowest BCUT2D eigenvalue weighted by molar-refractivity contribution is -0.122. The van der Waals surface area contributed by atoms with Gasteiger partial charge in [-0.15, -0.1) is 0 Å². The smallest absolute Gasteiger partial charge is 0.255 e. The van der Waals surface area contributed by atoms with Crippen molar-refractivity contribution >= 4 is 40.3 Å². The van der Waals surface area contributed by atoms with Crippen molar-refractivity contribution in [1.82, 2.24) is 14.9 Å². The van der Waals surface area contributed by atoms with E-state index in [1.54, 1.807) is 23.9 Å². The Hall–Kier alpha value is -3.65. The largest absolute Gasteiger partial charge is 0.348 e. The molecule has 3 aromatic carbocycles. The number of hydrogen-bond acceptors (Lipinski definition) is 4. The van der Waals surface area contributed by atoms with Gasteiger partial charge in [-0.25, -0.2) is 9.37 Å². The summed E-state index contributed by atoms with van der Waals surface area (Å²) < 4.78 is 15.0. The number of amides is 2. The zero-order valence-electron chi connectivity index (χ0n) is 18.9. The van der Waals surface area contributed by atoms with Crippen molar-refractivity contribution in [1.29, 1.82) is 0 Å². The van der Waals surface area contributed by atoms with E-state index in [-0.39, 0.29) is 24.4 Å². The van der Waals surface area contributed by atoms with E-state index in [1.807, 2.05) is 54.1 Å². The summed E-state index contributed by atoms with van der Waals surface area (Å²) in [5.41, 5.74) is 3.72. The zero-order chi connectivity index (χ0) is 24.1. The highest BCUT2D eigenvalue weighted by Gasteiger charge is 2.15. The molecule has 0 aliphatic carbocycles. The van der Waals surface area contributed by atoms with Crippen molar-refractivity contribution in [2.45, 2.75) is 25.3 Å². The van der Waals surface area contributed by atoms with Crippen molar-refractivity contribution in [3.05, 3.63) is 95.6 Å². The van der Waals surface area contributed by atoms with Crippen molar-refractivity contribution in [3.63, 3.8) is 0 Å². The number of hydrogen-bond donors (Lipinski definition) is 2. The third-order valence-corrected chi connectivity index (χ3v) is 6.01. The summed E-state index contributed by atoms with van der Waals surface area (Å²) in [5.74, 6) is 0.786. The van der Waals surface area contributed by atoms with E-state index < -0.39 is 5.82 Å². The van der Waals surface area contributed by atoms with E-state index in [2.05, 4.69) is 15.6 Å². The third-order valence-electron chi connectivity index (χ3n) is 5.46. The number of halogens is 1. The molecule has 34 heavy (non-hydrogen) atoms. The Balaban J connectivity index is 1.39. The summed E-state index contributed by atoms with van der Waals surface area (Å²) >= 11 is 1.66. The van der Waals surface area contributed by atoms with E-state index >= 15 is 0 Å². The molecule has 1 aromatic heterocycles. The molecule has 6 nitrogen and oxygen atoms in total. The van der Waals surface area contributed by atoms with Crippen molar-refractivity contribution in [2.24, 2.45) is 0 Å². The Kier molecular flexibility index (Phi) is 7.27. The van der Waals surface area contributed by atoms with Crippen LogP contribution in [0.1, 0.15) is 34.7 Å². The van der Waals surface area contributed by atoms with Gasteiger partial charge in [0.15, 0.2) is 0 Å². The molecule has 4 aromatic rings. The van der Waals surface area contributed by atoms with Gasteiger partial charge in [0.25, 0.3) is 5.91 Å². The van der Waals surface area contributed by atoms with E-state index in [4.69, 9.17) is 0 Å². The molecular formula is C26H25FN4O2S. The standard InChI is InChI=1S/C26H25FN4O2S/c1-17(18-9-13-21(14-10-18)29-26(33)19-7-11-20(27)12-8-19)28-25(32)15-31-23-6-4-3-5-22(23)30-24(31)16-34-2/h3-14,17H,15-16H2,1-2H3,(H,28,32)(H,29,33). The lowest BCUT2D eigenvalue weighted by Gasteiger charge is -2.16. The average molecular weight is 477 g/mol. The Morgan fingerprint density at radius 3 is 2.44 bits per heavy atom. The van der Waals surface area contributed by atoms with Crippen LogP contribution in [-0.2, 0) is 17.1 Å². The second kappa shape index (κ2) is 10.5. The highest BCUT2D eigenvalue weighted by molar-refractivity contribution is 7.97. The molecule has 8 heteroatoms. The fourth-order valence-corrected chi connectivity index (χ4v) is 4.19. The number of anilines is 1. The second-order valence-corrected chi connectivity index (χ2v) is 8.77. The number of carbonyl (C=O) groups is 2. The van der Waals surface area contributed by atoms with Gasteiger partial charge >= 0.3 is 0 Å². The number of imidazole rings is 1. The normalized spacial score (nSPS) is 11.9. The molecule has 0 spiro atoms. The molecular weight excluding hydrogens is 451 g/mol. The molecule has 1 heterocycles. The van der Waals surface area contributed by atoms with Crippen LogP contribution in [0.3, 0.4) is 0 Å². The maximum Gasteiger partial charge on any atom is 0.255 e. The van der Waals surface area contributed by atoms with Gasteiger partial charge in [-0.3, -0.25) is 9.59 Å². The maximum absolute atomic E-state index is 13.0. The number of carbonyl (C=O) groups excluding carboxylic acids is 2. The SMILES string of the molecule is CSCc1nc2ccccc2n1CC(=O)NC(C)c1ccc(NC(=O)c2ccc(F)cc2)cc1. The number of nitrogens with one attached hydrogen (secondary N) is 2. The minimum atomic E-state index is -0.390. The fourth-order valence-electron chi connectivity index (χ4n) is 3.71. The quantitative estimate of drug-likeness (QED) is 0.368. The van der Waals surface area contributed by atoms with Gasteiger partial charge in [0, 0.05) is 11.3 Å². The van der Waals surface area contributed by atoms with Crippen LogP contribution in [0, 0.1) is 5.82 Å². The summed E-state index contributed by atoms with van der Waals surface area (Å²) in [5, 5.41) is 5.83. The molecule has 2 amide bonds. The Bertz CT molecular complexity index is 1300. The topological polar surface area (TPSA) is 76.0 Å². The number of fused-ring (bicyclic) bond motifs is 1. The second-order valence-electron chi connectivity index (χ2n) is 7.91. The average Bonchev–Trinajstić information content (AvgIpc) is 3.17. The van der Waals surface area contributed by atoms with E-state index in [1.165, 1.54) is 24.3 Å². The van der Waals surface area contributed by atoms with Crippen LogP contribution in [0.25, 0.3) is 11.0 Å². The van der Waals surface area contributed by atoms with Crippen LogP contribution in [0.15, 0.2) is 72.8 Å². The van der Waals surface area contributed by atoms with Crippen molar-refractivity contribution in [3.8, 4) is 0 Å². The summed E-state index contributed by atoms with van der Waals surface area (Å²) in [6, 6.07) is 20.2. The maximum atomic E-state index is 13.0. The fraction of sp³-hybridized carbons (Fsp3) is 0.192. The molecule has 4 rings (SSSR count). The first kappa shape index (κ1) is 23.5. The molecule has 0 radical (unpaired) electrons. The first-order valence-electron chi connectivity index (χ1n) is 10.8. The molecule has 0 aliphatic rings. The van der Waals surface area contributed by atoms with Gasteiger partial charge in [0.05, 0.1) is 22.8 Å². The number of aromatic nitrogens is 2. The van der Waals surface area contributed by atoms with Crippen LogP contribution < -0.4 is 10.6 Å². The van der Waals surface area contributed by atoms with E-state index in [0.717, 1.165) is 28.2 Å². The summed E-state index contributed by atoms with van der Waals surface area (Å²) in [4.78, 5) is 29.8. The highest BCUT2D eigenvalue weighted by atomic mass is 32.2. The molecule has 2 N–H and O–H groups in total. The number of rotatable bonds is 8. The number of nitrogens with zero attached hydrogens (tertiary/aromatic N) is 2. The molecule has 0 saturated carbocycles. The summed E-state index contributed by atoms with van der Waals surface area (Å²) in [7, 11) is 0. The van der Waals surface area contributed by atoms with Crippen LogP contribution >= 0.6 is 11.8 Å². The first-order chi connectivity index (χ1) is 16.4. The van der Waals surface area contributed by atoms with E-state index in [0.29, 0.717) is 11.3 Å². The van der Waals surface area contributed by atoms with Crippen LogP contribution in [0.4, 0.5) is 10.1 Å². The van der Waals surface area contributed by atoms with Crippen LogP contribution in [0.2, 0.25) is 0 Å². The van der Waals surface area contributed by atoms with Gasteiger partial charge in [-0.2, -0.15) is 11.8 Å². The lowest BCUT2D eigenvalue weighted by Crippen LogP contribution is -2.30. The monoisotopic (exact) mass is 476 g/mol. The van der Waals surface area contributed by atoms with Gasteiger partial charge in [-0.05, 0) is 67.3 Å². The Morgan fingerprint density at radius 2 is 1.74 bits per heavy atom. The summed E-state index contributed by atoms with van der Waals surface area (Å²) in [6.45, 7) is 2.10. The molecule has 174 valence electrons. The van der Waals surface area contributed by atoms with Crippen LogP contribution in [-0.4, -0.2) is 27.6 Å². The number of thioether (sulfide) groups is 1. The highest BCUT2D eigenvalue weighted by Crippen LogP contribution is 2.20. The van der Waals surface area contributed by atoms with Gasteiger partial charge in [-0.1, -0.05) is 24.3 Å². The van der Waals surface area contributed by atoms with Crippen LogP contribution in [0.5, 0.6) is 0 Å². The predicted molar refractivity (Wildman–Crippen MR) is 134 cm³/mol. The minimum absolute atomic E-state index is 0.105. The van der Waals surface area contributed by atoms with Gasteiger partial charge in [0.2, 0.25) is 5.91 Å². The predicted octanol–water partition coefficient (Wildman–Crippen LogP) is 5.17. The van der Waals surface area contributed by atoms with Gasteiger partial charge in [0.1, 0.15) is 18.2 Å². The lowest BCUT2D eigenvalue weighted by atomic mass is 10.1. The van der Waals surface area contributed by atoms with Crippen molar-refractivity contribution in [2.75, 3.05) is 11.6 Å². The molecule has 0 fully saturated rings. The molecule has 0 aliphatic heterocycles. The third kappa shape index (κ3) is 5.46. The molecule has 0 bridgehead atoms.